The first-order chi connectivity index (χ1) is 9.56. The number of carbonyl (C=O) groups excluding carboxylic acids is 1. The molecular weight excluding hydrogens is 316 g/mol. The van der Waals surface area contributed by atoms with Crippen LogP contribution in [-0.2, 0) is 4.79 Å². The molecule has 1 aromatic carbocycles. The maximum atomic E-state index is 12.0. The first kappa shape index (κ1) is 15.6. The van der Waals surface area contributed by atoms with E-state index in [-0.39, 0.29) is 5.92 Å². The lowest BCUT2D eigenvalue weighted by atomic mass is 9.74. The number of hydrogen-bond donors (Lipinski definition) is 0. The molecule has 0 saturated heterocycles. The molecule has 0 N–H and O–H groups in total. The fourth-order valence-electron chi connectivity index (χ4n) is 2.88. The van der Waals surface area contributed by atoms with Crippen LogP contribution >= 0.6 is 15.9 Å². The van der Waals surface area contributed by atoms with E-state index in [0.717, 1.165) is 35.9 Å². The van der Waals surface area contributed by atoms with Crippen LogP contribution in [0.4, 0.5) is 0 Å². The molecule has 2 nitrogen and oxygen atoms in total. The Bertz CT molecular complexity index is 439. The van der Waals surface area contributed by atoms with Crippen molar-refractivity contribution < 1.29 is 9.53 Å². The van der Waals surface area contributed by atoms with E-state index in [1.165, 1.54) is 0 Å². The van der Waals surface area contributed by atoms with Crippen molar-refractivity contribution >= 4 is 21.7 Å². The highest BCUT2D eigenvalue weighted by molar-refractivity contribution is 9.10. The standard InChI is InChI=1S/C17H23BrO2/c1-12(2)13-3-8-17(19)14(11-13)9-10-20-16-6-4-15(18)5-7-16/h4-7,12-14H,3,8-11H2,1-2H3. The molecule has 0 radical (unpaired) electrons. The van der Waals surface area contributed by atoms with Gasteiger partial charge in [-0.25, -0.2) is 0 Å². The Kier molecular flexibility index (Phi) is 5.64. The zero-order valence-electron chi connectivity index (χ0n) is 12.3. The molecule has 1 aliphatic rings. The molecule has 0 aliphatic heterocycles. The lowest BCUT2D eigenvalue weighted by Gasteiger charge is -2.30. The van der Waals surface area contributed by atoms with Crippen molar-refractivity contribution in [3.8, 4) is 5.75 Å². The van der Waals surface area contributed by atoms with Gasteiger partial charge in [-0.05, 0) is 55.4 Å². The van der Waals surface area contributed by atoms with Crippen molar-refractivity contribution in [1.82, 2.24) is 0 Å². The summed E-state index contributed by atoms with van der Waals surface area (Å²) in [6.07, 6.45) is 3.71. The maximum absolute atomic E-state index is 12.0. The lowest BCUT2D eigenvalue weighted by Crippen LogP contribution is -2.28. The summed E-state index contributed by atoms with van der Waals surface area (Å²) in [4.78, 5) is 12.0. The molecule has 2 rings (SSSR count). The minimum atomic E-state index is 0.201. The third-order valence-electron chi connectivity index (χ3n) is 4.30. The summed E-state index contributed by atoms with van der Waals surface area (Å²) in [5.74, 6) is 2.88. The summed E-state index contributed by atoms with van der Waals surface area (Å²) in [6.45, 7) is 5.15. The van der Waals surface area contributed by atoms with Crippen molar-refractivity contribution in [3.05, 3.63) is 28.7 Å². The highest BCUT2D eigenvalue weighted by Gasteiger charge is 2.29. The van der Waals surface area contributed by atoms with Crippen LogP contribution in [0.3, 0.4) is 0 Å². The number of benzene rings is 1. The van der Waals surface area contributed by atoms with Gasteiger partial charge in [0.25, 0.3) is 0 Å². The number of Topliss-reactive ketones (excluding diaryl/α,β-unsaturated/α-hetero) is 1. The Morgan fingerprint density at radius 1 is 1.30 bits per heavy atom. The third kappa shape index (κ3) is 4.34. The molecule has 0 amide bonds. The first-order valence-corrected chi connectivity index (χ1v) is 8.26. The molecule has 1 aliphatic carbocycles. The van der Waals surface area contributed by atoms with Gasteiger partial charge in [0.05, 0.1) is 6.61 Å². The fourth-order valence-corrected chi connectivity index (χ4v) is 3.15. The summed E-state index contributed by atoms with van der Waals surface area (Å²) in [5, 5.41) is 0. The molecule has 1 aromatic rings. The fraction of sp³-hybridized carbons (Fsp3) is 0.588. The van der Waals surface area contributed by atoms with Crippen molar-refractivity contribution in [2.45, 2.75) is 39.5 Å². The highest BCUT2D eigenvalue weighted by atomic mass is 79.9. The van der Waals surface area contributed by atoms with Crippen molar-refractivity contribution in [1.29, 1.82) is 0 Å². The van der Waals surface area contributed by atoms with Gasteiger partial charge in [0.2, 0.25) is 0 Å². The quantitative estimate of drug-likeness (QED) is 0.766. The summed E-state index contributed by atoms with van der Waals surface area (Å²) in [7, 11) is 0. The Morgan fingerprint density at radius 3 is 2.65 bits per heavy atom. The van der Waals surface area contributed by atoms with Crippen LogP contribution < -0.4 is 4.74 Å². The number of rotatable bonds is 5. The predicted octanol–water partition coefficient (Wildman–Crippen LogP) is 4.86. The van der Waals surface area contributed by atoms with Crippen LogP contribution in [0.2, 0.25) is 0 Å². The average Bonchev–Trinajstić information content (AvgIpc) is 2.43. The van der Waals surface area contributed by atoms with Gasteiger partial charge in [0.1, 0.15) is 11.5 Å². The summed E-state index contributed by atoms with van der Waals surface area (Å²) >= 11 is 3.40. The molecule has 0 heterocycles. The maximum Gasteiger partial charge on any atom is 0.136 e. The Balaban J connectivity index is 1.80. The topological polar surface area (TPSA) is 26.3 Å². The highest BCUT2D eigenvalue weighted by Crippen LogP contribution is 2.33. The van der Waals surface area contributed by atoms with E-state index in [4.69, 9.17) is 4.74 Å². The smallest absolute Gasteiger partial charge is 0.136 e. The normalized spacial score (nSPS) is 23.1. The molecule has 1 saturated carbocycles. The number of hydrogen-bond acceptors (Lipinski definition) is 2. The molecule has 20 heavy (non-hydrogen) atoms. The van der Waals surface area contributed by atoms with Crippen molar-refractivity contribution in [2.24, 2.45) is 17.8 Å². The van der Waals surface area contributed by atoms with Crippen LogP contribution in [0.15, 0.2) is 28.7 Å². The van der Waals surface area contributed by atoms with Gasteiger partial charge in [0.15, 0.2) is 0 Å². The lowest BCUT2D eigenvalue weighted by molar-refractivity contribution is -0.126. The van der Waals surface area contributed by atoms with E-state index in [1.807, 2.05) is 24.3 Å². The zero-order valence-corrected chi connectivity index (χ0v) is 13.9. The van der Waals surface area contributed by atoms with Crippen LogP contribution in [-0.4, -0.2) is 12.4 Å². The molecule has 0 aromatic heterocycles. The third-order valence-corrected chi connectivity index (χ3v) is 4.82. The number of halogens is 1. The van der Waals surface area contributed by atoms with Crippen LogP contribution in [0, 0.1) is 17.8 Å². The minimum absolute atomic E-state index is 0.201. The van der Waals surface area contributed by atoms with Gasteiger partial charge in [-0.2, -0.15) is 0 Å². The van der Waals surface area contributed by atoms with Crippen molar-refractivity contribution in [2.75, 3.05) is 6.61 Å². The zero-order chi connectivity index (χ0) is 14.5. The van der Waals surface area contributed by atoms with E-state index in [2.05, 4.69) is 29.8 Å². The Labute approximate surface area is 130 Å². The number of ether oxygens (including phenoxy) is 1. The Morgan fingerprint density at radius 2 is 2.00 bits per heavy atom. The second kappa shape index (κ2) is 7.26. The summed E-state index contributed by atoms with van der Waals surface area (Å²) in [5.41, 5.74) is 0. The molecule has 2 atom stereocenters. The van der Waals surface area contributed by atoms with E-state index in [0.29, 0.717) is 24.2 Å². The van der Waals surface area contributed by atoms with Crippen LogP contribution in [0.5, 0.6) is 5.75 Å². The number of ketones is 1. The summed E-state index contributed by atoms with van der Waals surface area (Å²) < 4.78 is 6.78. The SMILES string of the molecule is CC(C)C1CCC(=O)C(CCOc2ccc(Br)cc2)C1. The van der Waals surface area contributed by atoms with Gasteiger partial charge < -0.3 is 4.74 Å². The minimum Gasteiger partial charge on any atom is -0.494 e. The average molecular weight is 339 g/mol. The van der Waals surface area contributed by atoms with E-state index in [1.54, 1.807) is 0 Å². The monoisotopic (exact) mass is 338 g/mol. The number of carbonyl (C=O) groups is 1. The van der Waals surface area contributed by atoms with Gasteiger partial charge in [-0.15, -0.1) is 0 Å². The Hall–Kier alpha value is -0.830. The van der Waals surface area contributed by atoms with E-state index >= 15 is 0 Å². The van der Waals surface area contributed by atoms with Gasteiger partial charge in [-0.1, -0.05) is 29.8 Å². The largest absolute Gasteiger partial charge is 0.494 e. The molecule has 0 bridgehead atoms. The van der Waals surface area contributed by atoms with Gasteiger partial charge in [-0.3, -0.25) is 4.79 Å². The van der Waals surface area contributed by atoms with Crippen LogP contribution in [0.25, 0.3) is 0 Å². The molecular formula is C17H23BrO2. The van der Waals surface area contributed by atoms with E-state index in [9.17, 15) is 4.79 Å². The van der Waals surface area contributed by atoms with E-state index < -0.39 is 0 Å². The van der Waals surface area contributed by atoms with Gasteiger partial charge >= 0.3 is 0 Å². The molecule has 0 spiro atoms. The molecule has 1 fully saturated rings. The predicted molar refractivity (Wildman–Crippen MR) is 84.9 cm³/mol. The first-order valence-electron chi connectivity index (χ1n) is 7.47. The molecule has 110 valence electrons. The summed E-state index contributed by atoms with van der Waals surface area (Å²) in [6, 6.07) is 7.83. The second-order valence-electron chi connectivity index (χ2n) is 6.03. The second-order valence-corrected chi connectivity index (χ2v) is 6.95. The molecule has 3 heteroatoms. The van der Waals surface area contributed by atoms with Crippen molar-refractivity contribution in [3.63, 3.8) is 0 Å². The van der Waals surface area contributed by atoms with Gasteiger partial charge in [0, 0.05) is 16.8 Å². The molecule has 2 unspecified atom stereocenters. The van der Waals surface area contributed by atoms with Crippen LogP contribution in [0.1, 0.15) is 39.5 Å².